The van der Waals surface area contributed by atoms with Crippen LogP contribution in [0.25, 0.3) is 11.0 Å². The fraction of sp³-hybridized carbons (Fsp3) is 0.526. The van der Waals surface area contributed by atoms with E-state index in [0.717, 1.165) is 55.9 Å². The highest BCUT2D eigenvalue weighted by molar-refractivity contribution is 5.99. The second kappa shape index (κ2) is 6.22. The van der Waals surface area contributed by atoms with Crippen LogP contribution in [0.3, 0.4) is 0 Å². The summed E-state index contributed by atoms with van der Waals surface area (Å²) in [7, 11) is 0. The maximum absolute atomic E-state index is 13.0. The van der Waals surface area contributed by atoms with Crippen LogP contribution in [0.15, 0.2) is 28.7 Å². The predicted octanol–water partition coefficient (Wildman–Crippen LogP) is 2.53. The standard InChI is InChI=1S/C19H24N2O3/c1-13-11-21(12-16(13)20-7-9-23-10-8-20)19(22)18-14(2)15-5-3-4-6-17(15)24-18/h3-6,13,16H,7-12H2,1-2H3/t13-,16-/m0/s1. The monoisotopic (exact) mass is 328 g/mol. The van der Waals surface area contributed by atoms with Crippen LogP contribution in [0.1, 0.15) is 23.0 Å². The summed E-state index contributed by atoms with van der Waals surface area (Å²) >= 11 is 0. The highest BCUT2D eigenvalue weighted by atomic mass is 16.5. The molecule has 0 saturated carbocycles. The van der Waals surface area contributed by atoms with E-state index in [2.05, 4.69) is 11.8 Å². The zero-order valence-electron chi connectivity index (χ0n) is 14.3. The van der Waals surface area contributed by atoms with E-state index < -0.39 is 0 Å². The van der Waals surface area contributed by atoms with E-state index in [1.165, 1.54) is 0 Å². The van der Waals surface area contributed by atoms with Gasteiger partial charge in [-0.05, 0) is 18.9 Å². The Bertz CT molecular complexity index is 748. The van der Waals surface area contributed by atoms with Crippen LogP contribution in [0.2, 0.25) is 0 Å². The summed E-state index contributed by atoms with van der Waals surface area (Å²) in [6.07, 6.45) is 0. The molecule has 0 unspecified atom stereocenters. The number of likely N-dealkylation sites (tertiary alicyclic amines) is 1. The lowest BCUT2D eigenvalue weighted by molar-refractivity contribution is 0.0119. The Kier molecular flexibility index (Phi) is 4.06. The van der Waals surface area contributed by atoms with Gasteiger partial charge in [-0.1, -0.05) is 25.1 Å². The third-order valence-corrected chi connectivity index (χ3v) is 5.41. The summed E-state index contributed by atoms with van der Waals surface area (Å²) < 4.78 is 11.3. The molecule has 4 rings (SSSR count). The molecule has 3 heterocycles. The number of amides is 1. The van der Waals surface area contributed by atoms with Crippen molar-refractivity contribution in [3.8, 4) is 0 Å². The highest BCUT2D eigenvalue weighted by Gasteiger charge is 2.38. The van der Waals surface area contributed by atoms with Gasteiger partial charge in [-0.2, -0.15) is 0 Å². The molecule has 0 aliphatic carbocycles. The van der Waals surface area contributed by atoms with Crippen molar-refractivity contribution in [3.63, 3.8) is 0 Å². The van der Waals surface area contributed by atoms with E-state index in [1.54, 1.807) is 0 Å². The third kappa shape index (κ3) is 2.62. The summed E-state index contributed by atoms with van der Waals surface area (Å²) in [5, 5.41) is 1.03. The van der Waals surface area contributed by atoms with Gasteiger partial charge in [0.15, 0.2) is 5.76 Å². The molecule has 0 N–H and O–H groups in total. The van der Waals surface area contributed by atoms with Crippen molar-refractivity contribution in [2.75, 3.05) is 39.4 Å². The number of para-hydroxylation sites is 1. The normalized spacial score (nSPS) is 25.5. The van der Waals surface area contributed by atoms with Crippen molar-refractivity contribution in [2.24, 2.45) is 5.92 Å². The largest absolute Gasteiger partial charge is 0.451 e. The molecule has 2 aliphatic rings. The lowest BCUT2D eigenvalue weighted by Gasteiger charge is -2.33. The molecule has 2 fully saturated rings. The topological polar surface area (TPSA) is 45.9 Å². The Balaban J connectivity index is 1.55. The van der Waals surface area contributed by atoms with Gasteiger partial charge in [-0.3, -0.25) is 9.69 Å². The number of nitrogens with zero attached hydrogens (tertiary/aromatic N) is 2. The van der Waals surface area contributed by atoms with E-state index in [-0.39, 0.29) is 5.91 Å². The third-order valence-electron chi connectivity index (χ3n) is 5.41. The molecule has 5 heteroatoms. The second-order valence-electron chi connectivity index (χ2n) is 6.96. The van der Waals surface area contributed by atoms with E-state index in [9.17, 15) is 4.79 Å². The van der Waals surface area contributed by atoms with Crippen LogP contribution in [0.5, 0.6) is 0 Å². The van der Waals surface area contributed by atoms with Crippen LogP contribution in [0.4, 0.5) is 0 Å². The Morgan fingerprint density at radius 2 is 1.92 bits per heavy atom. The number of carbonyl (C=O) groups is 1. The number of fused-ring (bicyclic) bond motifs is 1. The van der Waals surface area contributed by atoms with Gasteiger partial charge in [-0.25, -0.2) is 0 Å². The van der Waals surface area contributed by atoms with Gasteiger partial charge in [0.05, 0.1) is 13.2 Å². The van der Waals surface area contributed by atoms with Gasteiger partial charge in [0.2, 0.25) is 0 Å². The number of hydrogen-bond acceptors (Lipinski definition) is 4. The molecule has 2 saturated heterocycles. The quantitative estimate of drug-likeness (QED) is 0.850. The zero-order valence-corrected chi connectivity index (χ0v) is 14.3. The first-order valence-electron chi connectivity index (χ1n) is 8.74. The minimum atomic E-state index is 0.0197. The fourth-order valence-corrected chi connectivity index (χ4v) is 4.02. The van der Waals surface area contributed by atoms with Gasteiger partial charge in [0, 0.05) is 43.2 Å². The number of carbonyl (C=O) groups excluding carboxylic acids is 1. The molecule has 0 spiro atoms. The number of rotatable bonds is 2. The first kappa shape index (κ1) is 15.7. The Labute approximate surface area is 142 Å². The molecule has 2 atom stereocenters. The number of furan rings is 1. The molecule has 2 aliphatic heterocycles. The van der Waals surface area contributed by atoms with E-state index in [4.69, 9.17) is 9.15 Å². The first-order valence-corrected chi connectivity index (χ1v) is 8.74. The van der Waals surface area contributed by atoms with Crippen LogP contribution in [-0.2, 0) is 4.74 Å². The van der Waals surface area contributed by atoms with Gasteiger partial charge in [0.25, 0.3) is 5.91 Å². The zero-order chi connectivity index (χ0) is 16.7. The second-order valence-corrected chi connectivity index (χ2v) is 6.96. The highest BCUT2D eigenvalue weighted by Crippen LogP contribution is 2.29. The minimum absolute atomic E-state index is 0.0197. The van der Waals surface area contributed by atoms with Crippen LogP contribution in [0, 0.1) is 12.8 Å². The maximum Gasteiger partial charge on any atom is 0.289 e. The molecule has 0 bridgehead atoms. The summed E-state index contributed by atoms with van der Waals surface area (Å²) in [5.41, 5.74) is 1.73. The van der Waals surface area contributed by atoms with Crippen molar-refractivity contribution in [1.29, 1.82) is 0 Å². The Morgan fingerprint density at radius 3 is 2.67 bits per heavy atom. The minimum Gasteiger partial charge on any atom is -0.451 e. The van der Waals surface area contributed by atoms with E-state index >= 15 is 0 Å². The van der Waals surface area contributed by atoms with Crippen LogP contribution < -0.4 is 0 Å². The molecule has 1 amide bonds. The van der Waals surface area contributed by atoms with Crippen LogP contribution >= 0.6 is 0 Å². The molecule has 2 aromatic rings. The average molecular weight is 328 g/mol. The van der Waals surface area contributed by atoms with Crippen molar-refractivity contribution in [2.45, 2.75) is 19.9 Å². The summed E-state index contributed by atoms with van der Waals surface area (Å²) in [6, 6.07) is 8.26. The van der Waals surface area contributed by atoms with E-state index in [0.29, 0.717) is 17.7 Å². The first-order chi connectivity index (χ1) is 11.6. The Hall–Kier alpha value is -1.85. The number of morpholine rings is 1. The molecular formula is C19H24N2O3. The molecule has 1 aromatic heterocycles. The lowest BCUT2D eigenvalue weighted by Crippen LogP contribution is -2.47. The molecule has 24 heavy (non-hydrogen) atoms. The van der Waals surface area contributed by atoms with Gasteiger partial charge >= 0.3 is 0 Å². The molecule has 128 valence electrons. The molecule has 1 aromatic carbocycles. The molecule has 5 nitrogen and oxygen atoms in total. The number of ether oxygens (including phenoxy) is 1. The Morgan fingerprint density at radius 1 is 1.17 bits per heavy atom. The van der Waals surface area contributed by atoms with Crippen molar-refractivity contribution in [3.05, 3.63) is 35.6 Å². The maximum atomic E-state index is 13.0. The molecule has 0 radical (unpaired) electrons. The van der Waals surface area contributed by atoms with Crippen molar-refractivity contribution in [1.82, 2.24) is 9.80 Å². The van der Waals surface area contributed by atoms with Gasteiger partial charge < -0.3 is 14.1 Å². The SMILES string of the molecule is Cc1c(C(=O)N2C[C@H](C)[C@@H](N3CCOCC3)C2)oc2ccccc12. The van der Waals surface area contributed by atoms with Gasteiger partial charge in [0.1, 0.15) is 5.58 Å². The lowest BCUT2D eigenvalue weighted by atomic mass is 10.0. The predicted molar refractivity (Wildman–Crippen MR) is 92.2 cm³/mol. The van der Waals surface area contributed by atoms with Crippen molar-refractivity contribution < 1.29 is 13.9 Å². The number of aryl methyl sites for hydroxylation is 1. The summed E-state index contributed by atoms with van der Waals surface area (Å²) in [5.74, 6) is 0.981. The van der Waals surface area contributed by atoms with Gasteiger partial charge in [-0.15, -0.1) is 0 Å². The number of benzene rings is 1. The smallest absolute Gasteiger partial charge is 0.289 e. The molecular weight excluding hydrogens is 304 g/mol. The van der Waals surface area contributed by atoms with Crippen molar-refractivity contribution >= 4 is 16.9 Å². The average Bonchev–Trinajstić information content (AvgIpc) is 3.16. The van der Waals surface area contributed by atoms with Crippen LogP contribution in [-0.4, -0.2) is 61.1 Å². The van der Waals surface area contributed by atoms with E-state index in [1.807, 2.05) is 36.1 Å². The summed E-state index contributed by atoms with van der Waals surface area (Å²) in [4.78, 5) is 17.4. The fourth-order valence-electron chi connectivity index (χ4n) is 4.02. The summed E-state index contributed by atoms with van der Waals surface area (Å²) in [6.45, 7) is 9.27. The number of hydrogen-bond donors (Lipinski definition) is 0.